The molecule has 0 aliphatic carbocycles. The number of halogens is 2. The summed E-state index contributed by atoms with van der Waals surface area (Å²) in [7, 11) is 0. The largest absolute Gasteiger partial charge is 0.349 e. The fourth-order valence-electron chi connectivity index (χ4n) is 0.749. The lowest BCUT2D eigenvalue weighted by atomic mass is 10.4. The number of rotatable bonds is 3. The van der Waals surface area contributed by atoms with Crippen molar-refractivity contribution in [3.63, 3.8) is 0 Å². The predicted molar refractivity (Wildman–Crippen MR) is 55.7 cm³/mol. The van der Waals surface area contributed by atoms with Crippen LogP contribution in [0.2, 0.25) is 5.02 Å². The highest BCUT2D eigenvalue weighted by Crippen LogP contribution is 2.09. The zero-order chi connectivity index (χ0) is 9.68. The first-order valence-corrected chi connectivity index (χ1v) is 4.07. The molecule has 0 spiro atoms. The van der Waals surface area contributed by atoms with Crippen molar-refractivity contribution in [1.29, 1.82) is 0 Å². The van der Waals surface area contributed by atoms with Crippen LogP contribution < -0.4 is 11.1 Å². The maximum absolute atomic E-state index is 11.3. The van der Waals surface area contributed by atoms with Crippen LogP contribution in [-0.4, -0.2) is 29.0 Å². The van der Waals surface area contributed by atoms with Crippen molar-refractivity contribution < 1.29 is 4.79 Å². The minimum Gasteiger partial charge on any atom is -0.349 e. The molecule has 3 N–H and O–H groups in total. The van der Waals surface area contributed by atoms with Crippen molar-refractivity contribution in [1.82, 2.24) is 15.3 Å². The van der Waals surface area contributed by atoms with Crippen LogP contribution in [0.1, 0.15) is 10.5 Å². The van der Waals surface area contributed by atoms with Gasteiger partial charge < -0.3 is 11.1 Å². The maximum atomic E-state index is 11.3. The van der Waals surface area contributed by atoms with Gasteiger partial charge in [0.25, 0.3) is 5.91 Å². The molecule has 5 nitrogen and oxygen atoms in total. The third kappa shape index (κ3) is 3.45. The molecule has 1 heterocycles. The lowest BCUT2D eigenvalue weighted by Gasteiger charge is -2.02. The first kappa shape index (κ1) is 13.1. The van der Waals surface area contributed by atoms with Gasteiger partial charge in [-0.1, -0.05) is 11.6 Å². The molecule has 7 heteroatoms. The van der Waals surface area contributed by atoms with E-state index in [1.807, 2.05) is 0 Å². The third-order valence-electron chi connectivity index (χ3n) is 1.31. The van der Waals surface area contributed by atoms with Gasteiger partial charge in [-0.15, -0.1) is 12.4 Å². The van der Waals surface area contributed by atoms with Crippen molar-refractivity contribution in [3.8, 4) is 0 Å². The molecule has 0 bridgehead atoms. The van der Waals surface area contributed by atoms with E-state index in [4.69, 9.17) is 17.3 Å². The zero-order valence-electron chi connectivity index (χ0n) is 7.24. The molecule has 0 aliphatic heterocycles. The van der Waals surface area contributed by atoms with Crippen molar-refractivity contribution in [2.24, 2.45) is 5.73 Å². The minimum atomic E-state index is -0.335. The Bertz CT molecular complexity index is 307. The van der Waals surface area contributed by atoms with E-state index in [9.17, 15) is 4.79 Å². The Kier molecular flexibility index (Phi) is 6.11. The molecule has 1 rings (SSSR count). The van der Waals surface area contributed by atoms with E-state index in [-0.39, 0.29) is 29.0 Å². The average molecular weight is 237 g/mol. The van der Waals surface area contributed by atoms with Gasteiger partial charge in [0.15, 0.2) is 0 Å². The van der Waals surface area contributed by atoms with E-state index in [0.717, 1.165) is 0 Å². The summed E-state index contributed by atoms with van der Waals surface area (Å²) in [6.45, 7) is 0.785. The molecule has 1 aromatic heterocycles. The summed E-state index contributed by atoms with van der Waals surface area (Å²) in [4.78, 5) is 18.7. The van der Waals surface area contributed by atoms with Crippen LogP contribution in [0, 0.1) is 0 Å². The number of aromatic nitrogens is 2. The molecule has 0 saturated heterocycles. The number of hydrogen-bond donors (Lipinski definition) is 2. The normalized spacial score (nSPS) is 9.00. The summed E-state index contributed by atoms with van der Waals surface area (Å²) in [5.74, 6) is -0.335. The molecule has 0 saturated carbocycles. The number of carbonyl (C=O) groups excluding carboxylic acids is 1. The van der Waals surface area contributed by atoms with Crippen molar-refractivity contribution in [2.75, 3.05) is 13.1 Å². The number of nitrogens with two attached hydrogens (primary N) is 1. The highest BCUT2D eigenvalue weighted by atomic mass is 35.5. The summed E-state index contributed by atoms with van der Waals surface area (Å²) in [5, 5.41) is 2.78. The average Bonchev–Trinajstić information content (AvgIpc) is 2.15. The SMILES string of the molecule is Cl.NCCNC(=O)c1ncncc1Cl. The molecule has 14 heavy (non-hydrogen) atoms. The van der Waals surface area contributed by atoms with Crippen molar-refractivity contribution >= 4 is 29.9 Å². The number of nitrogens with one attached hydrogen (secondary N) is 1. The number of nitrogens with zero attached hydrogens (tertiary/aromatic N) is 2. The van der Waals surface area contributed by atoms with E-state index in [1.54, 1.807) is 0 Å². The highest BCUT2D eigenvalue weighted by Gasteiger charge is 2.10. The Morgan fingerprint density at radius 1 is 1.64 bits per heavy atom. The summed E-state index contributed by atoms with van der Waals surface area (Å²) < 4.78 is 0. The van der Waals surface area contributed by atoms with E-state index >= 15 is 0 Å². The van der Waals surface area contributed by atoms with Gasteiger partial charge in [-0.05, 0) is 0 Å². The van der Waals surface area contributed by atoms with Crippen molar-refractivity contribution in [3.05, 3.63) is 23.2 Å². The maximum Gasteiger partial charge on any atom is 0.271 e. The Morgan fingerprint density at radius 3 is 2.93 bits per heavy atom. The lowest BCUT2D eigenvalue weighted by Crippen LogP contribution is -2.29. The monoisotopic (exact) mass is 236 g/mol. The quantitative estimate of drug-likeness (QED) is 0.789. The lowest BCUT2D eigenvalue weighted by molar-refractivity contribution is 0.0950. The van der Waals surface area contributed by atoms with Gasteiger partial charge in [-0.25, -0.2) is 9.97 Å². The molecule has 78 valence electrons. The smallest absolute Gasteiger partial charge is 0.271 e. The number of carbonyl (C=O) groups is 1. The van der Waals surface area contributed by atoms with Gasteiger partial charge in [0.05, 0.1) is 5.02 Å². The Balaban J connectivity index is 0.00000169. The molecule has 0 fully saturated rings. The number of amides is 1. The molecule has 0 unspecified atom stereocenters. The van der Waals surface area contributed by atoms with Crippen LogP contribution in [0.25, 0.3) is 0 Å². The van der Waals surface area contributed by atoms with Gasteiger partial charge in [0.1, 0.15) is 12.0 Å². The van der Waals surface area contributed by atoms with Crippen LogP contribution in [0.15, 0.2) is 12.5 Å². The first-order chi connectivity index (χ1) is 6.25. The van der Waals surface area contributed by atoms with Crippen LogP contribution in [-0.2, 0) is 0 Å². The molecule has 0 aliphatic rings. The van der Waals surface area contributed by atoms with Crippen LogP contribution in [0.4, 0.5) is 0 Å². The second kappa shape index (κ2) is 6.53. The second-order valence-electron chi connectivity index (χ2n) is 2.26. The van der Waals surface area contributed by atoms with E-state index in [0.29, 0.717) is 13.1 Å². The van der Waals surface area contributed by atoms with Crippen LogP contribution in [0.5, 0.6) is 0 Å². The molecule has 0 aromatic carbocycles. The molecule has 1 amide bonds. The van der Waals surface area contributed by atoms with Crippen LogP contribution >= 0.6 is 24.0 Å². The molecule has 0 radical (unpaired) electrons. The van der Waals surface area contributed by atoms with Gasteiger partial charge in [0, 0.05) is 19.3 Å². The third-order valence-corrected chi connectivity index (χ3v) is 1.59. The summed E-state index contributed by atoms with van der Waals surface area (Å²) in [6.07, 6.45) is 2.63. The van der Waals surface area contributed by atoms with Gasteiger partial charge in [-0.3, -0.25) is 4.79 Å². The highest BCUT2D eigenvalue weighted by molar-refractivity contribution is 6.33. The Morgan fingerprint density at radius 2 is 2.36 bits per heavy atom. The molecular formula is C7H10Cl2N4O. The van der Waals surface area contributed by atoms with Gasteiger partial charge >= 0.3 is 0 Å². The van der Waals surface area contributed by atoms with E-state index < -0.39 is 0 Å². The summed E-state index contributed by atoms with van der Waals surface area (Å²) in [6, 6.07) is 0. The molecular weight excluding hydrogens is 227 g/mol. The topological polar surface area (TPSA) is 80.9 Å². The van der Waals surface area contributed by atoms with E-state index in [2.05, 4.69) is 15.3 Å². The van der Waals surface area contributed by atoms with E-state index in [1.165, 1.54) is 12.5 Å². The molecule has 1 aromatic rings. The Labute approximate surface area is 92.5 Å². The predicted octanol–water partition coefficient (Wildman–Crippen LogP) is 0.240. The minimum absolute atomic E-state index is 0. The summed E-state index contributed by atoms with van der Waals surface area (Å²) >= 11 is 5.68. The second-order valence-corrected chi connectivity index (χ2v) is 2.67. The fourth-order valence-corrected chi connectivity index (χ4v) is 0.940. The van der Waals surface area contributed by atoms with Gasteiger partial charge in [-0.2, -0.15) is 0 Å². The first-order valence-electron chi connectivity index (χ1n) is 3.69. The zero-order valence-corrected chi connectivity index (χ0v) is 8.81. The molecule has 0 atom stereocenters. The fraction of sp³-hybridized carbons (Fsp3) is 0.286. The van der Waals surface area contributed by atoms with Crippen molar-refractivity contribution in [2.45, 2.75) is 0 Å². The van der Waals surface area contributed by atoms with Gasteiger partial charge in [0.2, 0.25) is 0 Å². The standard InChI is InChI=1S/C7H9ClN4O.ClH/c8-5-3-10-4-12-6(5)7(13)11-2-1-9;/h3-4H,1-2,9H2,(H,11,13);1H. The van der Waals surface area contributed by atoms with Crippen LogP contribution in [0.3, 0.4) is 0 Å². The Hall–Kier alpha value is -0.910. The summed E-state index contributed by atoms with van der Waals surface area (Å²) in [5.41, 5.74) is 5.38. The number of hydrogen-bond acceptors (Lipinski definition) is 4.